The molecule has 2 atom stereocenters. The van der Waals surface area contributed by atoms with E-state index in [-0.39, 0.29) is 30.7 Å². The molecule has 0 aliphatic carbocycles. The van der Waals surface area contributed by atoms with E-state index in [1.807, 2.05) is 37.3 Å². The molecule has 0 saturated heterocycles. The van der Waals surface area contributed by atoms with E-state index >= 15 is 0 Å². The Kier molecular flexibility index (Phi) is 11.1. The predicted octanol–water partition coefficient (Wildman–Crippen LogP) is 3.94. The van der Waals surface area contributed by atoms with Crippen LogP contribution >= 0.6 is 0 Å². The van der Waals surface area contributed by atoms with Gasteiger partial charge in [-0.2, -0.15) is 0 Å². The predicted molar refractivity (Wildman–Crippen MR) is 119 cm³/mol. The molecule has 1 heterocycles. The molecule has 3 N–H and O–H groups in total. The van der Waals surface area contributed by atoms with Gasteiger partial charge in [0.1, 0.15) is 11.8 Å². The van der Waals surface area contributed by atoms with Gasteiger partial charge in [0.2, 0.25) is 23.1 Å². The Labute approximate surface area is 185 Å². The Balaban J connectivity index is 1.95. The van der Waals surface area contributed by atoms with Gasteiger partial charge in [-0.3, -0.25) is 14.1 Å². The third-order valence-electron chi connectivity index (χ3n) is 4.86. The lowest BCUT2D eigenvalue weighted by Gasteiger charge is -2.16. The van der Waals surface area contributed by atoms with Crippen molar-refractivity contribution in [1.82, 2.24) is 15.0 Å². The highest BCUT2D eigenvalue weighted by molar-refractivity contribution is 7.77. The second-order valence-electron chi connectivity index (χ2n) is 7.29. The Morgan fingerprint density at radius 3 is 2.61 bits per heavy atom. The number of hydrogen-bond donors (Lipinski definition) is 3. The second kappa shape index (κ2) is 13.8. The third kappa shape index (κ3) is 9.54. The standard InChI is InChI=1S/C22H31N3O5S/c1-2-18(26)12-7-4-8-13-19(25-21(27)14-9-15-24-31(28)29)22-23-16-20(30-22)17-10-5-3-6-11-17/h3,5-6,10-11,16,19,24H,2,4,7-9,12-15H2,1H3,(H,25,27)(H,28,29)/t19-/m0/s1. The first-order chi connectivity index (χ1) is 15.0. The summed E-state index contributed by atoms with van der Waals surface area (Å²) in [7, 11) is 0. The summed E-state index contributed by atoms with van der Waals surface area (Å²) in [5.41, 5.74) is 0.910. The van der Waals surface area contributed by atoms with Gasteiger partial charge < -0.3 is 9.73 Å². The van der Waals surface area contributed by atoms with Crippen LogP contribution in [-0.2, 0) is 20.9 Å². The second-order valence-corrected chi connectivity index (χ2v) is 8.07. The van der Waals surface area contributed by atoms with E-state index in [2.05, 4.69) is 15.0 Å². The van der Waals surface area contributed by atoms with Crippen LogP contribution in [0.2, 0.25) is 0 Å². The Morgan fingerprint density at radius 1 is 1.13 bits per heavy atom. The first kappa shape index (κ1) is 24.9. The highest BCUT2D eigenvalue weighted by Crippen LogP contribution is 2.26. The molecule has 0 fully saturated rings. The summed E-state index contributed by atoms with van der Waals surface area (Å²) in [5.74, 6) is 1.18. The van der Waals surface area contributed by atoms with E-state index in [9.17, 15) is 13.8 Å². The number of benzene rings is 1. The van der Waals surface area contributed by atoms with Crippen LogP contribution in [-0.4, -0.2) is 32.0 Å². The quantitative estimate of drug-likeness (QED) is 0.280. The fraction of sp³-hybridized carbons (Fsp3) is 0.500. The van der Waals surface area contributed by atoms with Crippen LogP contribution < -0.4 is 10.0 Å². The van der Waals surface area contributed by atoms with Crippen LogP contribution in [0.3, 0.4) is 0 Å². The van der Waals surface area contributed by atoms with E-state index in [1.54, 1.807) is 6.20 Å². The molecule has 0 saturated carbocycles. The van der Waals surface area contributed by atoms with Crippen LogP contribution in [0.15, 0.2) is 40.9 Å². The molecule has 31 heavy (non-hydrogen) atoms. The minimum atomic E-state index is -2.08. The highest BCUT2D eigenvalue weighted by atomic mass is 32.2. The van der Waals surface area contributed by atoms with Crippen molar-refractivity contribution in [2.45, 2.75) is 64.3 Å². The molecular formula is C22H31N3O5S. The van der Waals surface area contributed by atoms with Crippen LogP contribution in [0.4, 0.5) is 0 Å². The van der Waals surface area contributed by atoms with Crippen LogP contribution in [0.1, 0.15) is 70.2 Å². The lowest BCUT2D eigenvalue weighted by molar-refractivity contribution is -0.122. The number of aromatic nitrogens is 1. The number of carbonyl (C=O) groups is 2. The maximum atomic E-state index is 12.4. The first-order valence-electron chi connectivity index (χ1n) is 10.7. The summed E-state index contributed by atoms with van der Waals surface area (Å²) >= 11 is -2.08. The zero-order valence-corrected chi connectivity index (χ0v) is 18.7. The largest absolute Gasteiger partial charge is 0.438 e. The minimum Gasteiger partial charge on any atom is -0.438 e. The van der Waals surface area contributed by atoms with Gasteiger partial charge in [-0.1, -0.05) is 50.1 Å². The van der Waals surface area contributed by atoms with E-state index in [0.29, 0.717) is 37.3 Å². The number of nitrogens with one attached hydrogen (secondary N) is 2. The number of oxazole rings is 1. The fourth-order valence-corrected chi connectivity index (χ4v) is 3.46. The van der Waals surface area contributed by atoms with Gasteiger partial charge >= 0.3 is 0 Å². The maximum absolute atomic E-state index is 12.4. The average molecular weight is 450 g/mol. The molecule has 0 aliphatic heterocycles. The molecule has 0 radical (unpaired) electrons. The molecule has 2 aromatic rings. The van der Waals surface area contributed by atoms with Crippen molar-refractivity contribution in [3.8, 4) is 11.3 Å². The Hall–Kier alpha value is -2.36. The molecule has 2 rings (SSSR count). The van der Waals surface area contributed by atoms with E-state index in [4.69, 9.17) is 8.97 Å². The number of carbonyl (C=O) groups excluding carboxylic acids is 2. The summed E-state index contributed by atoms with van der Waals surface area (Å²) in [5, 5.41) is 2.97. The number of Topliss-reactive ketones (excluding diaryl/α,β-unsaturated/α-hetero) is 1. The molecule has 0 spiro atoms. The first-order valence-corrected chi connectivity index (χ1v) is 11.8. The lowest BCUT2D eigenvalue weighted by atomic mass is 10.0. The van der Waals surface area contributed by atoms with Crippen LogP contribution in [0, 0.1) is 0 Å². The van der Waals surface area contributed by atoms with Crippen molar-refractivity contribution in [2.24, 2.45) is 0 Å². The normalized spacial score (nSPS) is 13.0. The lowest BCUT2D eigenvalue weighted by Crippen LogP contribution is -2.29. The molecule has 8 nitrogen and oxygen atoms in total. The zero-order valence-electron chi connectivity index (χ0n) is 17.8. The van der Waals surface area contributed by atoms with Gasteiger partial charge in [-0.25, -0.2) is 13.9 Å². The van der Waals surface area contributed by atoms with Gasteiger partial charge in [-0.15, -0.1) is 0 Å². The fourth-order valence-electron chi connectivity index (χ4n) is 3.14. The summed E-state index contributed by atoms with van der Waals surface area (Å²) in [6.45, 7) is 2.14. The van der Waals surface area contributed by atoms with Crippen LogP contribution in [0.25, 0.3) is 11.3 Å². The van der Waals surface area contributed by atoms with Crippen molar-refractivity contribution in [3.05, 3.63) is 42.4 Å². The molecule has 9 heteroatoms. The molecule has 1 amide bonds. The average Bonchev–Trinajstić information content (AvgIpc) is 3.26. The number of rotatable bonds is 15. The van der Waals surface area contributed by atoms with Crippen molar-refractivity contribution in [3.63, 3.8) is 0 Å². The molecular weight excluding hydrogens is 418 g/mol. The summed E-state index contributed by atoms with van der Waals surface area (Å²) in [6, 6.07) is 9.26. The number of unbranched alkanes of at least 4 members (excludes halogenated alkanes) is 2. The maximum Gasteiger partial charge on any atom is 0.231 e. The van der Waals surface area contributed by atoms with Crippen molar-refractivity contribution in [2.75, 3.05) is 6.54 Å². The highest BCUT2D eigenvalue weighted by Gasteiger charge is 2.20. The van der Waals surface area contributed by atoms with Gasteiger partial charge in [0, 0.05) is 31.4 Å². The van der Waals surface area contributed by atoms with E-state index < -0.39 is 11.3 Å². The minimum absolute atomic E-state index is 0.170. The van der Waals surface area contributed by atoms with E-state index in [1.165, 1.54) is 0 Å². The topological polar surface area (TPSA) is 122 Å². The molecule has 0 bridgehead atoms. The van der Waals surface area contributed by atoms with Crippen molar-refractivity contribution >= 4 is 23.0 Å². The van der Waals surface area contributed by atoms with Crippen molar-refractivity contribution in [1.29, 1.82) is 0 Å². The Morgan fingerprint density at radius 2 is 1.90 bits per heavy atom. The van der Waals surface area contributed by atoms with Gasteiger partial charge in [0.05, 0.1) is 6.20 Å². The number of ketones is 1. The zero-order chi connectivity index (χ0) is 22.5. The SMILES string of the molecule is CCC(=O)CCCCC[C@H](NC(=O)CCCNS(=O)O)c1ncc(-c2ccccc2)o1. The van der Waals surface area contributed by atoms with Crippen LogP contribution in [0.5, 0.6) is 0 Å². The molecule has 170 valence electrons. The van der Waals surface area contributed by atoms with Gasteiger partial charge in [0.25, 0.3) is 0 Å². The monoisotopic (exact) mass is 449 g/mol. The number of amides is 1. The van der Waals surface area contributed by atoms with Crippen molar-refractivity contribution < 1.29 is 22.8 Å². The molecule has 1 aromatic carbocycles. The molecule has 1 unspecified atom stereocenters. The van der Waals surface area contributed by atoms with Gasteiger partial charge in [-0.05, 0) is 19.3 Å². The third-order valence-corrected chi connectivity index (χ3v) is 5.32. The summed E-state index contributed by atoms with van der Waals surface area (Å²) < 4.78 is 27.6. The smallest absolute Gasteiger partial charge is 0.231 e. The van der Waals surface area contributed by atoms with E-state index in [0.717, 1.165) is 24.8 Å². The number of nitrogens with zero attached hydrogens (tertiary/aromatic N) is 1. The van der Waals surface area contributed by atoms with Gasteiger partial charge in [0.15, 0.2) is 5.76 Å². The summed E-state index contributed by atoms with van der Waals surface area (Å²) in [4.78, 5) is 28.2. The Bertz CT molecular complexity index is 841. The number of hydrogen-bond acceptors (Lipinski definition) is 5. The summed E-state index contributed by atoms with van der Waals surface area (Å²) in [6.07, 6.45) is 6.66. The molecule has 1 aromatic heterocycles. The molecule has 0 aliphatic rings.